The summed E-state index contributed by atoms with van der Waals surface area (Å²) < 4.78 is 0. The molecule has 0 aliphatic rings. The zero-order valence-electron chi connectivity index (χ0n) is 8.64. The van der Waals surface area contributed by atoms with Crippen LogP contribution in [0.25, 0.3) is 0 Å². The quantitative estimate of drug-likeness (QED) is 0.607. The molecule has 0 saturated carbocycles. The van der Waals surface area contributed by atoms with E-state index in [4.69, 9.17) is 5.11 Å². The molecular formula is C11H22O. The van der Waals surface area contributed by atoms with E-state index < -0.39 is 0 Å². The van der Waals surface area contributed by atoms with Crippen molar-refractivity contribution >= 4 is 0 Å². The molecule has 72 valence electrons. The topological polar surface area (TPSA) is 20.2 Å². The van der Waals surface area contributed by atoms with E-state index in [0.717, 1.165) is 12.8 Å². The monoisotopic (exact) mass is 170 g/mol. The van der Waals surface area contributed by atoms with Gasteiger partial charge >= 0.3 is 0 Å². The zero-order chi connectivity index (χ0) is 9.40. The van der Waals surface area contributed by atoms with E-state index in [9.17, 15) is 0 Å². The Morgan fingerprint density at radius 1 is 1.42 bits per heavy atom. The summed E-state index contributed by atoms with van der Waals surface area (Å²) in [4.78, 5) is 0. The summed E-state index contributed by atoms with van der Waals surface area (Å²) in [6.07, 6.45) is 6.79. The third-order valence-electron chi connectivity index (χ3n) is 2.33. The van der Waals surface area contributed by atoms with Crippen LogP contribution in [0.2, 0.25) is 0 Å². The second-order valence-corrected chi connectivity index (χ2v) is 3.60. The van der Waals surface area contributed by atoms with Crippen LogP contribution in [0, 0.1) is 5.92 Å². The molecule has 1 nitrogen and oxygen atoms in total. The summed E-state index contributed by atoms with van der Waals surface area (Å²) in [5, 5.41) is 8.68. The molecule has 0 bridgehead atoms. The van der Waals surface area contributed by atoms with Gasteiger partial charge in [0.2, 0.25) is 0 Å². The summed E-state index contributed by atoms with van der Waals surface area (Å²) in [5.74, 6) is 0.663. The summed E-state index contributed by atoms with van der Waals surface area (Å²) in [7, 11) is 0. The van der Waals surface area contributed by atoms with Gasteiger partial charge in [0.1, 0.15) is 0 Å². The van der Waals surface area contributed by atoms with Crippen molar-refractivity contribution in [3.63, 3.8) is 0 Å². The van der Waals surface area contributed by atoms with Crippen molar-refractivity contribution in [3.05, 3.63) is 11.6 Å². The van der Waals surface area contributed by atoms with Crippen LogP contribution in [-0.4, -0.2) is 11.7 Å². The molecule has 0 radical (unpaired) electrons. The third kappa shape index (κ3) is 6.41. The van der Waals surface area contributed by atoms with E-state index in [0.29, 0.717) is 12.5 Å². The van der Waals surface area contributed by atoms with Gasteiger partial charge in [0.15, 0.2) is 0 Å². The van der Waals surface area contributed by atoms with Crippen LogP contribution in [0.15, 0.2) is 11.6 Å². The first-order valence-corrected chi connectivity index (χ1v) is 4.97. The molecule has 1 N–H and O–H groups in total. The highest BCUT2D eigenvalue weighted by Gasteiger charge is 1.98. The number of hydrogen-bond acceptors (Lipinski definition) is 1. The smallest absolute Gasteiger partial charge is 0.0433 e. The predicted molar refractivity (Wildman–Crippen MR) is 54.1 cm³/mol. The van der Waals surface area contributed by atoms with Crippen LogP contribution in [0.5, 0.6) is 0 Å². The van der Waals surface area contributed by atoms with Gasteiger partial charge in [-0.15, -0.1) is 0 Å². The molecule has 0 saturated heterocycles. The van der Waals surface area contributed by atoms with Crippen molar-refractivity contribution in [2.24, 2.45) is 5.92 Å². The molecule has 12 heavy (non-hydrogen) atoms. The van der Waals surface area contributed by atoms with Crippen molar-refractivity contribution in [1.82, 2.24) is 0 Å². The number of aliphatic hydroxyl groups excluding tert-OH is 1. The van der Waals surface area contributed by atoms with E-state index in [2.05, 4.69) is 26.8 Å². The Hall–Kier alpha value is -0.300. The van der Waals surface area contributed by atoms with Crippen molar-refractivity contribution in [3.8, 4) is 0 Å². The lowest BCUT2D eigenvalue weighted by atomic mass is 10.0. The highest BCUT2D eigenvalue weighted by molar-refractivity contribution is 4.96. The Bertz CT molecular complexity index is 127. The Balaban J connectivity index is 3.41. The molecular weight excluding hydrogens is 148 g/mol. The first-order chi connectivity index (χ1) is 5.70. The summed E-state index contributed by atoms with van der Waals surface area (Å²) >= 11 is 0. The lowest BCUT2D eigenvalue weighted by Gasteiger charge is -2.06. The maximum atomic E-state index is 8.68. The average Bonchev–Trinajstić information content (AvgIpc) is 2.04. The Kier molecular flexibility index (Phi) is 7.17. The Labute approximate surface area is 76.5 Å². The molecule has 0 heterocycles. The van der Waals surface area contributed by atoms with Crippen LogP contribution in [0.4, 0.5) is 0 Å². The van der Waals surface area contributed by atoms with Crippen LogP contribution < -0.4 is 0 Å². The number of hydrogen-bond donors (Lipinski definition) is 1. The van der Waals surface area contributed by atoms with Crippen LogP contribution in [-0.2, 0) is 0 Å². The van der Waals surface area contributed by atoms with Crippen molar-refractivity contribution in [1.29, 1.82) is 0 Å². The second-order valence-electron chi connectivity index (χ2n) is 3.60. The van der Waals surface area contributed by atoms with Crippen LogP contribution in [0.1, 0.15) is 46.5 Å². The van der Waals surface area contributed by atoms with Gasteiger partial charge in [0.05, 0.1) is 0 Å². The molecule has 0 aromatic heterocycles. The van der Waals surface area contributed by atoms with E-state index >= 15 is 0 Å². The normalized spacial score (nSPS) is 14.8. The first kappa shape index (κ1) is 11.7. The fraction of sp³-hybridized carbons (Fsp3) is 0.818. The minimum atomic E-state index is 0.331. The van der Waals surface area contributed by atoms with Gasteiger partial charge in [-0.25, -0.2) is 0 Å². The highest BCUT2D eigenvalue weighted by Crippen LogP contribution is 2.11. The minimum Gasteiger partial charge on any atom is -0.396 e. The van der Waals surface area contributed by atoms with Gasteiger partial charge in [-0.1, -0.05) is 25.5 Å². The predicted octanol–water partition coefficient (Wildman–Crippen LogP) is 3.14. The maximum absolute atomic E-state index is 8.68. The average molecular weight is 170 g/mol. The van der Waals surface area contributed by atoms with E-state index in [-0.39, 0.29) is 0 Å². The Morgan fingerprint density at radius 3 is 2.58 bits per heavy atom. The molecule has 0 fully saturated rings. The largest absolute Gasteiger partial charge is 0.396 e. The van der Waals surface area contributed by atoms with Gasteiger partial charge < -0.3 is 5.11 Å². The van der Waals surface area contributed by atoms with E-state index in [1.807, 2.05) is 0 Å². The molecule has 0 spiro atoms. The summed E-state index contributed by atoms with van der Waals surface area (Å²) in [6.45, 7) is 6.89. The maximum Gasteiger partial charge on any atom is 0.0433 e. The molecule has 0 aromatic carbocycles. The Morgan fingerprint density at radius 2 is 2.08 bits per heavy atom. The van der Waals surface area contributed by atoms with E-state index in [1.54, 1.807) is 0 Å². The molecule has 0 rings (SSSR count). The van der Waals surface area contributed by atoms with Gasteiger partial charge in [-0.05, 0) is 38.5 Å². The second kappa shape index (κ2) is 7.35. The SMILES string of the molecule is CC/C(C)=C/CC[C@@H](C)CCO. The standard InChI is InChI=1S/C11H22O/c1-4-10(2)6-5-7-11(3)8-9-12/h6,11-12H,4-5,7-9H2,1-3H3/b10-6+/t11-/m1/s1. The molecule has 0 aliphatic heterocycles. The van der Waals surface area contributed by atoms with Gasteiger partial charge in [0, 0.05) is 6.61 Å². The highest BCUT2D eigenvalue weighted by atomic mass is 16.2. The van der Waals surface area contributed by atoms with Crippen molar-refractivity contribution in [2.75, 3.05) is 6.61 Å². The van der Waals surface area contributed by atoms with Crippen molar-refractivity contribution in [2.45, 2.75) is 46.5 Å². The van der Waals surface area contributed by atoms with Gasteiger partial charge in [-0.2, -0.15) is 0 Å². The lowest BCUT2D eigenvalue weighted by Crippen LogP contribution is -1.96. The zero-order valence-corrected chi connectivity index (χ0v) is 8.64. The molecule has 0 aromatic rings. The number of aliphatic hydroxyl groups is 1. The third-order valence-corrected chi connectivity index (χ3v) is 2.33. The molecule has 0 unspecified atom stereocenters. The fourth-order valence-electron chi connectivity index (χ4n) is 1.12. The number of allylic oxidation sites excluding steroid dienone is 2. The van der Waals surface area contributed by atoms with Gasteiger partial charge in [-0.3, -0.25) is 0 Å². The van der Waals surface area contributed by atoms with Gasteiger partial charge in [0.25, 0.3) is 0 Å². The lowest BCUT2D eigenvalue weighted by molar-refractivity contribution is 0.259. The summed E-state index contributed by atoms with van der Waals surface area (Å²) in [6, 6.07) is 0. The van der Waals surface area contributed by atoms with Crippen LogP contribution in [0.3, 0.4) is 0 Å². The minimum absolute atomic E-state index is 0.331. The van der Waals surface area contributed by atoms with Crippen LogP contribution >= 0.6 is 0 Å². The number of rotatable bonds is 6. The fourth-order valence-corrected chi connectivity index (χ4v) is 1.12. The molecule has 0 amide bonds. The summed E-state index contributed by atoms with van der Waals surface area (Å²) in [5.41, 5.74) is 1.48. The van der Waals surface area contributed by atoms with Crippen molar-refractivity contribution < 1.29 is 5.11 Å². The molecule has 0 aliphatic carbocycles. The molecule has 1 heteroatoms. The first-order valence-electron chi connectivity index (χ1n) is 4.97. The van der Waals surface area contributed by atoms with E-state index in [1.165, 1.54) is 18.4 Å². The molecule has 1 atom stereocenters.